The van der Waals surface area contributed by atoms with Crippen LogP contribution in [-0.4, -0.2) is 47.9 Å². The highest BCUT2D eigenvalue weighted by atomic mass is 16.6. The van der Waals surface area contributed by atoms with Crippen molar-refractivity contribution in [1.82, 2.24) is 4.90 Å². The lowest BCUT2D eigenvalue weighted by atomic mass is 10.0. The first kappa shape index (κ1) is 16.2. The molecule has 1 aromatic rings. The van der Waals surface area contributed by atoms with Crippen molar-refractivity contribution in [3.8, 4) is 5.75 Å². The summed E-state index contributed by atoms with van der Waals surface area (Å²) in [7, 11) is 0. The van der Waals surface area contributed by atoms with Crippen LogP contribution in [0.3, 0.4) is 0 Å². The molecule has 0 bridgehead atoms. The van der Waals surface area contributed by atoms with E-state index < -0.39 is 4.92 Å². The highest BCUT2D eigenvalue weighted by Crippen LogP contribution is 2.35. The van der Waals surface area contributed by atoms with Gasteiger partial charge in [-0.3, -0.25) is 24.6 Å². The smallest absolute Gasteiger partial charge is 0.271 e. The molecule has 1 atom stereocenters. The number of hydrogen-bond donors (Lipinski definition) is 0. The molecular weight excluding hydrogens is 314 g/mol. The topological polar surface area (TPSA) is 93.0 Å². The van der Waals surface area contributed by atoms with E-state index in [0.29, 0.717) is 24.8 Å². The Hall–Kier alpha value is -2.64. The monoisotopic (exact) mass is 333 g/mol. The molecule has 3 rings (SSSR count). The number of anilines is 1. The van der Waals surface area contributed by atoms with E-state index in [4.69, 9.17) is 4.74 Å². The van der Waals surface area contributed by atoms with Crippen LogP contribution in [0.25, 0.3) is 0 Å². The molecule has 8 nitrogen and oxygen atoms in total. The van der Waals surface area contributed by atoms with Gasteiger partial charge in [-0.25, -0.2) is 0 Å². The Morgan fingerprint density at radius 3 is 2.96 bits per heavy atom. The van der Waals surface area contributed by atoms with Gasteiger partial charge < -0.3 is 9.64 Å². The van der Waals surface area contributed by atoms with E-state index in [1.165, 1.54) is 23.1 Å². The summed E-state index contributed by atoms with van der Waals surface area (Å²) in [6, 6.07) is 4.06. The van der Waals surface area contributed by atoms with Gasteiger partial charge >= 0.3 is 0 Å². The number of likely N-dealkylation sites (tertiary alicyclic amines) is 1. The molecule has 8 heteroatoms. The Labute approximate surface area is 139 Å². The molecule has 0 spiro atoms. The molecule has 2 aliphatic rings. The molecule has 128 valence electrons. The van der Waals surface area contributed by atoms with Gasteiger partial charge in [0.25, 0.3) is 11.6 Å². The molecule has 0 radical (unpaired) electrons. The lowest BCUT2D eigenvalue weighted by Crippen LogP contribution is -2.48. The summed E-state index contributed by atoms with van der Waals surface area (Å²) in [6.07, 6.45) is 2.04. The van der Waals surface area contributed by atoms with Crippen LogP contribution >= 0.6 is 0 Å². The van der Waals surface area contributed by atoms with Crippen LogP contribution in [0.2, 0.25) is 0 Å². The van der Waals surface area contributed by atoms with E-state index in [-0.39, 0.29) is 36.3 Å². The molecule has 0 aromatic heterocycles. The number of ether oxygens (including phenoxy) is 1. The van der Waals surface area contributed by atoms with Gasteiger partial charge in [-0.05, 0) is 24.8 Å². The van der Waals surface area contributed by atoms with Gasteiger partial charge in [0.1, 0.15) is 12.3 Å². The number of carbonyl (C=O) groups is 2. The van der Waals surface area contributed by atoms with Crippen molar-refractivity contribution in [1.29, 1.82) is 0 Å². The Kier molecular flexibility index (Phi) is 4.37. The SMILES string of the molecule is CC1CCCN(C(=O)CN2C(=O)COc3ccc([N+](=O)[O-])cc32)C1. The second kappa shape index (κ2) is 6.46. The number of piperidine rings is 1. The Bertz CT molecular complexity index is 690. The number of carbonyl (C=O) groups excluding carboxylic acids is 2. The Balaban J connectivity index is 1.82. The van der Waals surface area contributed by atoms with Gasteiger partial charge in [-0.1, -0.05) is 6.92 Å². The highest BCUT2D eigenvalue weighted by Gasteiger charge is 2.31. The first-order valence-corrected chi connectivity index (χ1v) is 7.95. The summed E-state index contributed by atoms with van der Waals surface area (Å²) in [4.78, 5) is 38.2. The first-order chi connectivity index (χ1) is 11.5. The standard InChI is InChI=1S/C16H19N3O5/c1-11-3-2-6-17(8-11)15(20)9-18-13-7-12(19(22)23)4-5-14(13)24-10-16(18)21/h4-5,7,11H,2-3,6,8-10H2,1H3. The molecule has 2 aliphatic heterocycles. The van der Waals surface area contributed by atoms with E-state index in [9.17, 15) is 19.7 Å². The molecule has 2 amide bonds. The molecule has 1 unspecified atom stereocenters. The minimum atomic E-state index is -0.536. The Morgan fingerprint density at radius 1 is 1.46 bits per heavy atom. The van der Waals surface area contributed by atoms with Crippen molar-refractivity contribution >= 4 is 23.2 Å². The van der Waals surface area contributed by atoms with Crippen molar-refractivity contribution in [2.75, 3.05) is 31.1 Å². The van der Waals surface area contributed by atoms with Crippen molar-refractivity contribution in [2.24, 2.45) is 5.92 Å². The lowest BCUT2D eigenvalue weighted by Gasteiger charge is -2.34. The molecule has 1 fully saturated rings. The normalized spacial score (nSPS) is 20.4. The second-order valence-corrected chi connectivity index (χ2v) is 6.26. The van der Waals surface area contributed by atoms with Gasteiger partial charge in [-0.15, -0.1) is 0 Å². The highest BCUT2D eigenvalue weighted by molar-refractivity contribution is 6.02. The van der Waals surface area contributed by atoms with Crippen LogP contribution in [0.15, 0.2) is 18.2 Å². The zero-order valence-electron chi connectivity index (χ0n) is 13.4. The maximum Gasteiger partial charge on any atom is 0.271 e. The van der Waals surface area contributed by atoms with Gasteiger partial charge in [-0.2, -0.15) is 0 Å². The van der Waals surface area contributed by atoms with Crippen molar-refractivity contribution in [3.05, 3.63) is 28.3 Å². The first-order valence-electron chi connectivity index (χ1n) is 7.95. The number of nitro groups is 1. The fourth-order valence-electron chi connectivity index (χ4n) is 3.13. The third-order valence-corrected chi connectivity index (χ3v) is 4.40. The number of hydrogen-bond acceptors (Lipinski definition) is 5. The van der Waals surface area contributed by atoms with Gasteiger partial charge in [0.15, 0.2) is 6.61 Å². The maximum atomic E-state index is 12.5. The summed E-state index contributed by atoms with van der Waals surface area (Å²) >= 11 is 0. The quantitative estimate of drug-likeness (QED) is 0.618. The predicted molar refractivity (Wildman–Crippen MR) is 85.9 cm³/mol. The molecule has 1 aromatic carbocycles. The summed E-state index contributed by atoms with van der Waals surface area (Å²) in [5.74, 6) is 0.298. The summed E-state index contributed by atoms with van der Waals surface area (Å²) in [5.41, 5.74) is 0.134. The van der Waals surface area contributed by atoms with Crippen LogP contribution in [0.4, 0.5) is 11.4 Å². The number of amides is 2. The van der Waals surface area contributed by atoms with E-state index in [1.54, 1.807) is 4.90 Å². The van der Waals surface area contributed by atoms with Crippen LogP contribution in [0.1, 0.15) is 19.8 Å². The van der Waals surface area contributed by atoms with Gasteiger partial charge in [0.05, 0.1) is 10.6 Å². The van der Waals surface area contributed by atoms with E-state index >= 15 is 0 Å². The fraction of sp³-hybridized carbons (Fsp3) is 0.500. The van der Waals surface area contributed by atoms with Crippen molar-refractivity contribution in [2.45, 2.75) is 19.8 Å². The molecule has 0 aliphatic carbocycles. The molecule has 24 heavy (non-hydrogen) atoms. The number of non-ortho nitro benzene ring substituents is 1. The lowest BCUT2D eigenvalue weighted by molar-refractivity contribution is -0.384. The maximum absolute atomic E-state index is 12.5. The number of benzene rings is 1. The summed E-state index contributed by atoms with van der Waals surface area (Å²) in [6.45, 7) is 3.16. The Morgan fingerprint density at radius 2 is 2.25 bits per heavy atom. The summed E-state index contributed by atoms with van der Waals surface area (Å²) < 4.78 is 5.31. The fourth-order valence-corrected chi connectivity index (χ4v) is 3.13. The summed E-state index contributed by atoms with van der Waals surface area (Å²) in [5, 5.41) is 11.0. The minimum Gasteiger partial charge on any atom is -0.482 e. The number of rotatable bonds is 3. The van der Waals surface area contributed by atoms with Gasteiger partial charge in [0.2, 0.25) is 5.91 Å². The van der Waals surface area contributed by atoms with Crippen LogP contribution < -0.4 is 9.64 Å². The zero-order chi connectivity index (χ0) is 17.3. The van der Waals surface area contributed by atoms with Crippen LogP contribution in [-0.2, 0) is 9.59 Å². The average Bonchev–Trinajstić information content (AvgIpc) is 2.56. The average molecular weight is 333 g/mol. The largest absolute Gasteiger partial charge is 0.482 e. The third-order valence-electron chi connectivity index (χ3n) is 4.40. The zero-order valence-corrected chi connectivity index (χ0v) is 13.4. The van der Waals surface area contributed by atoms with E-state index in [0.717, 1.165) is 12.8 Å². The molecule has 0 saturated carbocycles. The van der Waals surface area contributed by atoms with E-state index in [1.807, 2.05) is 0 Å². The van der Waals surface area contributed by atoms with E-state index in [2.05, 4.69) is 6.92 Å². The van der Waals surface area contributed by atoms with Gasteiger partial charge in [0, 0.05) is 25.2 Å². The third kappa shape index (κ3) is 3.17. The number of nitrogens with zero attached hydrogens (tertiary/aromatic N) is 3. The van der Waals surface area contributed by atoms with Crippen LogP contribution in [0.5, 0.6) is 5.75 Å². The van der Waals surface area contributed by atoms with Crippen LogP contribution in [0, 0.1) is 16.0 Å². The number of nitro benzene ring substituents is 1. The number of fused-ring (bicyclic) bond motifs is 1. The molecule has 1 saturated heterocycles. The van der Waals surface area contributed by atoms with Crippen molar-refractivity contribution < 1.29 is 19.2 Å². The molecule has 0 N–H and O–H groups in total. The predicted octanol–water partition coefficient (Wildman–Crippen LogP) is 1.58. The molecular formula is C16H19N3O5. The molecule has 2 heterocycles. The second-order valence-electron chi connectivity index (χ2n) is 6.26. The minimum absolute atomic E-state index is 0.122. The van der Waals surface area contributed by atoms with Crippen molar-refractivity contribution in [3.63, 3.8) is 0 Å².